The second-order valence-corrected chi connectivity index (χ2v) is 3.89. The van der Waals surface area contributed by atoms with Crippen molar-refractivity contribution in [2.24, 2.45) is 0 Å². The summed E-state index contributed by atoms with van der Waals surface area (Å²) >= 11 is 0. The zero-order valence-corrected chi connectivity index (χ0v) is 9.43. The van der Waals surface area contributed by atoms with Crippen molar-refractivity contribution in [3.05, 3.63) is 17.8 Å². The molecule has 0 unspecified atom stereocenters. The number of nitrogens with zero attached hydrogens (tertiary/aromatic N) is 2. The second kappa shape index (κ2) is 5.01. The zero-order valence-electron chi connectivity index (χ0n) is 9.43. The van der Waals surface area contributed by atoms with Gasteiger partial charge in [0.25, 0.3) is 0 Å². The summed E-state index contributed by atoms with van der Waals surface area (Å²) in [5.41, 5.74) is 5.85. The van der Waals surface area contributed by atoms with Crippen LogP contribution in [-0.4, -0.2) is 42.4 Å². The van der Waals surface area contributed by atoms with Crippen LogP contribution >= 0.6 is 0 Å². The fourth-order valence-electron chi connectivity index (χ4n) is 1.79. The van der Waals surface area contributed by atoms with Crippen LogP contribution in [0, 0.1) is 0 Å². The molecule has 6 heteroatoms. The van der Waals surface area contributed by atoms with Crippen LogP contribution in [-0.2, 0) is 4.74 Å². The lowest BCUT2D eigenvalue weighted by Gasteiger charge is -2.21. The van der Waals surface area contributed by atoms with Crippen molar-refractivity contribution >= 4 is 17.5 Å². The number of carboxylic acid groups (broad SMARTS) is 1. The Hall–Kier alpha value is -1.82. The van der Waals surface area contributed by atoms with Gasteiger partial charge in [-0.1, -0.05) is 0 Å². The first-order valence-corrected chi connectivity index (χ1v) is 5.50. The van der Waals surface area contributed by atoms with Crippen LogP contribution < -0.4 is 10.6 Å². The van der Waals surface area contributed by atoms with Gasteiger partial charge in [0.1, 0.15) is 5.82 Å². The minimum atomic E-state index is -1.03. The Bertz CT molecular complexity index is 414. The fraction of sp³-hybridized carbons (Fsp3) is 0.455. The highest BCUT2D eigenvalue weighted by molar-refractivity contribution is 5.94. The minimum absolute atomic E-state index is 0.0974. The number of hydrogen-bond acceptors (Lipinski definition) is 5. The quantitative estimate of drug-likeness (QED) is 0.782. The summed E-state index contributed by atoms with van der Waals surface area (Å²) in [7, 11) is 0. The number of nitrogens with two attached hydrogens (primary N) is 1. The lowest BCUT2D eigenvalue weighted by molar-refractivity contribution is 0.0698. The van der Waals surface area contributed by atoms with Gasteiger partial charge in [0, 0.05) is 19.7 Å². The molecule has 2 heterocycles. The van der Waals surface area contributed by atoms with Crippen molar-refractivity contribution in [2.45, 2.75) is 6.42 Å². The summed E-state index contributed by atoms with van der Waals surface area (Å²) in [6.45, 7) is 2.90. The predicted molar refractivity (Wildman–Crippen MR) is 63.3 cm³/mol. The molecule has 0 bridgehead atoms. The van der Waals surface area contributed by atoms with Crippen LogP contribution in [0.15, 0.2) is 12.3 Å². The van der Waals surface area contributed by atoms with Gasteiger partial charge in [0.2, 0.25) is 0 Å². The Morgan fingerprint density at radius 1 is 1.47 bits per heavy atom. The lowest BCUT2D eigenvalue weighted by Crippen LogP contribution is -2.27. The zero-order chi connectivity index (χ0) is 12.3. The molecular formula is C11H15N3O3. The second-order valence-electron chi connectivity index (χ2n) is 3.89. The first-order chi connectivity index (χ1) is 8.18. The third-order valence-corrected chi connectivity index (χ3v) is 2.70. The number of carboxylic acids is 1. The highest BCUT2D eigenvalue weighted by Crippen LogP contribution is 2.19. The third-order valence-electron chi connectivity index (χ3n) is 2.70. The molecule has 2 rings (SSSR count). The number of ether oxygens (including phenoxy) is 1. The fourth-order valence-corrected chi connectivity index (χ4v) is 1.79. The molecule has 0 saturated carbocycles. The van der Waals surface area contributed by atoms with Crippen LogP contribution in [0.5, 0.6) is 0 Å². The molecule has 1 aromatic heterocycles. The van der Waals surface area contributed by atoms with E-state index in [1.807, 2.05) is 4.90 Å². The van der Waals surface area contributed by atoms with E-state index in [9.17, 15) is 4.79 Å². The molecule has 1 fully saturated rings. The summed E-state index contributed by atoms with van der Waals surface area (Å²) in [5.74, 6) is -0.390. The van der Waals surface area contributed by atoms with Crippen molar-refractivity contribution in [1.82, 2.24) is 4.98 Å². The number of hydrogen-bond donors (Lipinski definition) is 2. The number of aromatic carboxylic acids is 1. The summed E-state index contributed by atoms with van der Waals surface area (Å²) in [6.07, 6.45) is 2.30. The maximum atomic E-state index is 11.0. The average molecular weight is 237 g/mol. The third kappa shape index (κ3) is 2.65. The number of carbonyl (C=O) groups is 1. The van der Waals surface area contributed by atoms with Gasteiger partial charge in [-0.05, 0) is 12.5 Å². The molecule has 1 aromatic rings. The van der Waals surface area contributed by atoms with Gasteiger partial charge in [0.15, 0.2) is 0 Å². The van der Waals surface area contributed by atoms with Crippen LogP contribution in [0.1, 0.15) is 16.8 Å². The predicted octanol–water partition coefficient (Wildman–Crippen LogP) is 0.589. The maximum absolute atomic E-state index is 11.0. The average Bonchev–Trinajstić information content (AvgIpc) is 2.58. The molecule has 92 valence electrons. The van der Waals surface area contributed by atoms with Gasteiger partial charge in [-0.15, -0.1) is 0 Å². The standard InChI is InChI=1S/C11H15N3O3/c12-9-7-13-10(6-8(9)11(15)16)14-2-1-4-17-5-3-14/h6-7H,1-5,12H2,(H,15,16). The molecular weight excluding hydrogens is 222 g/mol. The van der Waals surface area contributed by atoms with E-state index in [2.05, 4.69) is 4.98 Å². The van der Waals surface area contributed by atoms with E-state index in [1.54, 1.807) is 0 Å². The van der Waals surface area contributed by atoms with Crippen LogP contribution in [0.2, 0.25) is 0 Å². The monoisotopic (exact) mass is 237 g/mol. The Morgan fingerprint density at radius 2 is 2.29 bits per heavy atom. The van der Waals surface area contributed by atoms with Gasteiger partial charge < -0.3 is 20.5 Å². The van der Waals surface area contributed by atoms with E-state index in [0.29, 0.717) is 12.4 Å². The van der Waals surface area contributed by atoms with Crippen molar-refractivity contribution in [3.8, 4) is 0 Å². The summed E-state index contributed by atoms with van der Waals surface area (Å²) in [6, 6.07) is 1.52. The van der Waals surface area contributed by atoms with Gasteiger partial charge >= 0.3 is 5.97 Å². The molecule has 6 nitrogen and oxygen atoms in total. The highest BCUT2D eigenvalue weighted by atomic mass is 16.5. The molecule has 1 aliphatic heterocycles. The van der Waals surface area contributed by atoms with E-state index in [0.717, 1.165) is 26.1 Å². The van der Waals surface area contributed by atoms with E-state index < -0.39 is 5.97 Å². The molecule has 0 radical (unpaired) electrons. The smallest absolute Gasteiger partial charge is 0.337 e. The van der Waals surface area contributed by atoms with Crippen LogP contribution in [0.25, 0.3) is 0 Å². The van der Waals surface area contributed by atoms with Gasteiger partial charge in [-0.3, -0.25) is 0 Å². The molecule has 17 heavy (non-hydrogen) atoms. The first-order valence-electron chi connectivity index (χ1n) is 5.50. The van der Waals surface area contributed by atoms with E-state index in [4.69, 9.17) is 15.6 Å². The van der Waals surface area contributed by atoms with Gasteiger partial charge in [-0.25, -0.2) is 9.78 Å². The Morgan fingerprint density at radius 3 is 3.06 bits per heavy atom. The van der Waals surface area contributed by atoms with Crippen molar-refractivity contribution in [3.63, 3.8) is 0 Å². The Kier molecular flexibility index (Phi) is 3.43. The normalized spacial score (nSPS) is 16.6. The molecule has 3 N–H and O–H groups in total. The largest absolute Gasteiger partial charge is 0.478 e. The molecule has 1 saturated heterocycles. The highest BCUT2D eigenvalue weighted by Gasteiger charge is 2.15. The maximum Gasteiger partial charge on any atom is 0.337 e. The summed E-state index contributed by atoms with van der Waals surface area (Å²) in [4.78, 5) is 17.2. The molecule has 0 atom stereocenters. The number of aromatic nitrogens is 1. The molecule has 0 amide bonds. The lowest BCUT2D eigenvalue weighted by atomic mass is 10.2. The van der Waals surface area contributed by atoms with Crippen LogP contribution in [0.3, 0.4) is 0 Å². The summed E-state index contributed by atoms with van der Waals surface area (Å²) < 4.78 is 5.34. The topological polar surface area (TPSA) is 88.7 Å². The minimum Gasteiger partial charge on any atom is -0.478 e. The summed E-state index contributed by atoms with van der Waals surface area (Å²) in [5, 5.41) is 8.99. The number of nitrogen functional groups attached to an aromatic ring is 1. The van der Waals surface area contributed by atoms with Crippen LogP contribution in [0.4, 0.5) is 11.5 Å². The van der Waals surface area contributed by atoms with Crippen molar-refractivity contribution < 1.29 is 14.6 Å². The van der Waals surface area contributed by atoms with E-state index in [-0.39, 0.29) is 11.3 Å². The van der Waals surface area contributed by atoms with Gasteiger partial charge in [-0.2, -0.15) is 0 Å². The van der Waals surface area contributed by atoms with E-state index >= 15 is 0 Å². The Balaban J connectivity index is 2.25. The molecule has 0 aromatic carbocycles. The number of pyridine rings is 1. The number of anilines is 2. The van der Waals surface area contributed by atoms with Gasteiger partial charge in [0.05, 0.1) is 24.1 Å². The number of rotatable bonds is 2. The van der Waals surface area contributed by atoms with Crippen molar-refractivity contribution in [1.29, 1.82) is 0 Å². The van der Waals surface area contributed by atoms with E-state index in [1.165, 1.54) is 12.3 Å². The first kappa shape index (κ1) is 11.7. The SMILES string of the molecule is Nc1cnc(N2CCCOCC2)cc1C(=O)O. The molecule has 1 aliphatic rings. The molecule has 0 aliphatic carbocycles. The van der Waals surface area contributed by atoms with Crippen molar-refractivity contribution in [2.75, 3.05) is 36.9 Å². The Labute approximate surface area is 99.0 Å². The molecule has 0 spiro atoms.